The van der Waals surface area contributed by atoms with Crippen LogP contribution in [0.1, 0.15) is 26.8 Å². The number of carbonyl (C=O) groups excluding carboxylic acids is 1. The van der Waals surface area contributed by atoms with Gasteiger partial charge in [0.2, 0.25) is 5.91 Å². The molecule has 2 rings (SSSR count). The summed E-state index contributed by atoms with van der Waals surface area (Å²) < 4.78 is 1.90. The maximum atomic E-state index is 12.5. The molecule has 1 atom stereocenters. The van der Waals surface area contributed by atoms with Crippen LogP contribution >= 0.6 is 0 Å². The summed E-state index contributed by atoms with van der Waals surface area (Å²) in [6.07, 6.45) is 3.55. The van der Waals surface area contributed by atoms with Gasteiger partial charge in [0, 0.05) is 36.7 Å². The van der Waals surface area contributed by atoms with Gasteiger partial charge in [-0.2, -0.15) is 0 Å². The summed E-state index contributed by atoms with van der Waals surface area (Å²) in [6, 6.07) is 7.25. The van der Waals surface area contributed by atoms with Crippen molar-refractivity contribution in [2.75, 3.05) is 18.8 Å². The molecule has 1 aromatic heterocycles. The Bertz CT molecular complexity index is 616. The van der Waals surface area contributed by atoms with E-state index < -0.39 is 0 Å². The third kappa shape index (κ3) is 3.07. The largest absolute Gasteiger partial charge is 0.399 e. The number of nitrogens with two attached hydrogens (primary N) is 1. The summed E-state index contributed by atoms with van der Waals surface area (Å²) in [6.45, 7) is 7.30. The van der Waals surface area contributed by atoms with Gasteiger partial charge in [-0.3, -0.25) is 4.79 Å². The minimum Gasteiger partial charge on any atom is -0.399 e. The number of carbonyl (C=O) groups is 1. The van der Waals surface area contributed by atoms with Crippen LogP contribution in [-0.4, -0.2) is 33.4 Å². The van der Waals surface area contributed by atoms with E-state index in [0.717, 1.165) is 11.4 Å². The molecular formula is C16H22N4O. The molecule has 0 fully saturated rings. The lowest BCUT2D eigenvalue weighted by molar-refractivity contribution is -0.133. The van der Waals surface area contributed by atoms with E-state index in [-0.39, 0.29) is 11.9 Å². The summed E-state index contributed by atoms with van der Waals surface area (Å²) in [5.41, 5.74) is 7.43. The summed E-state index contributed by atoms with van der Waals surface area (Å²) in [5, 5.41) is 0. The van der Waals surface area contributed by atoms with Crippen LogP contribution in [0.5, 0.6) is 0 Å². The molecule has 0 spiro atoms. The van der Waals surface area contributed by atoms with Crippen molar-refractivity contribution in [1.82, 2.24) is 14.5 Å². The van der Waals surface area contributed by atoms with Crippen molar-refractivity contribution in [3.05, 3.63) is 36.7 Å². The van der Waals surface area contributed by atoms with Gasteiger partial charge < -0.3 is 15.2 Å². The van der Waals surface area contributed by atoms with E-state index in [1.807, 2.05) is 60.7 Å². The van der Waals surface area contributed by atoms with Crippen molar-refractivity contribution < 1.29 is 4.79 Å². The number of amides is 1. The van der Waals surface area contributed by atoms with Crippen LogP contribution in [0.25, 0.3) is 11.4 Å². The van der Waals surface area contributed by atoms with Gasteiger partial charge in [-0.05, 0) is 32.9 Å². The average molecular weight is 286 g/mol. The molecule has 0 aliphatic rings. The summed E-state index contributed by atoms with van der Waals surface area (Å²) in [4.78, 5) is 18.7. The number of hydrogen-bond donors (Lipinski definition) is 1. The van der Waals surface area contributed by atoms with Crippen molar-refractivity contribution in [1.29, 1.82) is 0 Å². The second-order valence-electron chi connectivity index (χ2n) is 4.97. The zero-order chi connectivity index (χ0) is 15.4. The fourth-order valence-corrected chi connectivity index (χ4v) is 2.45. The van der Waals surface area contributed by atoms with Gasteiger partial charge in [0.25, 0.3) is 0 Å². The molecule has 0 bridgehead atoms. The molecule has 5 nitrogen and oxygen atoms in total. The van der Waals surface area contributed by atoms with Crippen molar-refractivity contribution in [3.63, 3.8) is 0 Å². The number of aromatic nitrogens is 2. The van der Waals surface area contributed by atoms with E-state index >= 15 is 0 Å². The molecule has 21 heavy (non-hydrogen) atoms. The third-order valence-corrected chi connectivity index (χ3v) is 3.66. The van der Waals surface area contributed by atoms with E-state index in [9.17, 15) is 4.79 Å². The van der Waals surface area contributed by atoms with Crippen LogP contribution in [-0.2, 0) is 4.79 Å². The fourth-order valence-electron chi connectivity index (χ4n) is 2.45. The Balaban J connectivity index is 2.34. The Morgan fingerprint density at radius 3 is 2.71 bits per heavy atom. The fraction of sp³-hybridized carbons (Fsp3) is 0.375. The van der Waals surface area contributed by atoms with Gasteiger partial charge in [0.1, 0.15) is 11.9 Å². The molecule has 0 aliphatic carbocycles. The molecule has 2 N–H and O–H groups in total. The molecule has 5 heteroatoms. The topological polar surface area (TPSA) is 64.2 Å². The Kier molecular flexibility index (Phi) is 4.62. The zero-order valence-electron chi connectivity index (χ0n) is 12.8. The SMILES string of the molecule is CCN(CC)C(=O)C(C)n1ccnc1-c1cccc(N)c1. The Hall–Kier alpha value is -2.30. The van der Waals surface area contributed by atoms with Crippen molar-refractivity contribution in [2.24, 2.45) is 0 Å². The predicted octanol–water partition coefficient (Wildman–Crippen LogP) is 2.56. The lowest BCUT2D eigenvalue weighted by atomic mass is 10.1. The Labute approximate surface area is 125 Å². The van der Waals surface area contributed by atoms with E-state index in [2.05, 4.69) is 4.98 Å². The van der Waals surface area contributed by atoms with E-state index in [0.29, 0.717) is 18.8 Å². The van der Waals surface area contributed by atoms with Crippen LogP contribution in [0.4, 0.5) is 5.69 Å². The average Bonchev–Trinajstić information content (AvgIpc) is 2.97. The van der Waals surface area contributed by atoms with Gasteiger partial charge in [0.15, 0.2) is 0 Å². The molecule has 0 radical (unpaired) electrons. The summed E-state index contributed by atoms with van der Waals surface area (Å²) in [7, 11) is 0. The van der Waals surface area contributed by atoms with Crippen LogP contribution in [0.2, 0.25) is 0 Å². The zero-order valence-corrected chi connectivity index (χ0v) is 12.8. The second-order valence-corrected chi connectivity index (χ2v) is 4.97. The number of benzene rings is 1. The molecule has 2 aromatic rings. The number of anilines is 1. The van der Waals surface area contributed by atoms with Crippen LogP contribution in [0.3, 0.4) is 0 Å². The quantitative estimate of drug-likeness (QED) is 0.859. The van der Waals surface area contributed by atoms with Crippen molar-refractivity contribution in [2.45, 2.75) is 26.8 Å². The summed E-state index contributed by atoms with van der Waals surface area (Å²) in [5.74, 6) is 0.860. The van der Waals surface area contributed by atoms with Gasteiger partial charge in [0.05, 0.1) is 0 Å². The molecule has 0 saturated carbocycles. The molecule has 1 unspecified atom stereocenters. The Morgan fingerprint density at radius 2 is 2.10 bits per heavy atom. The van der Waals surface area contributed by atoms with Gasteiger partial charge in [-0.25, -0.2) is 4.98 Å². The van der Waals surface area contributed by atoms with Crippen LogP contribution in [0.15, 0.2) is 36.7 Å². The first-order valence-corrected chi connectivity index (χ1v) is 7.26. The second kappa shape index (κ2) is 6.43. The van der Waals surface area contributed by atoms with E-state index in [4.69, 9.17) is 5.73 Å². The summed E-state index contributed by atoms with van der Waals surface area (Å²) >= 11 is 0. The van der Waals surface area contributed by atoms with Gasteiger partial charge in [-0.15, -0.1) is 0 Å². The monoisotopic (exact) mass is 286 g/mol. The predicted molar refractivity (Wildman–Crippen MR) is 84.7 cm³/mol. The van der Waals surface area contributed by atoms with Crippen LogP contribution < -0.4 is 5.73 Å². The van der Waals surface area contributed by atoms with Crippen molar-refractivity contribution in [3.8, 4) is 11.4 Å². The van der Waals surface area contributed by atoms with Crippen molar-refractivity contribution >= 4 is 11.6 Å². The molecule has 112 valence electrons. The minimum atomic E-state index is -0.288. The maximum Gasteiger partial charge on any atom is 0.245 e. The van der Waals surface area contributed by atoms with E-state index in [1.165, 1.54) is 0 Å². The first-order valence-electron chi connectivity index (χ1n) is 7.26. The minimum absolute atomic E-state index is 0.100. The highest BCUT2D eigenvalue weighted by Crippen LogP contribution is 2.23. The third-order valence-electron chi connectivity index (χ3n) is 3.66. The molecule has 1 aromatic carbocycles. The lowest BCUT2D eigenvalue weighted by Gasteiger charge is -2.24. The lowest BCUT2D eigenvalue weighted by Crippen LogP contribution is -2.36. The highest BCUT2D eigenvalue weighted by molar-refractivity contribution is 5.81. The molecule has 1 amide bonds. The van der Waals surface area contributed by atoms with Crippen LogP contribution in [0, 0.1) is 0 Å². The maximum absolute atomic E-state index is 12.5. The number of nitrogens with zero attached hydrogens (tertiary/aromatic N) is 3. The Morgan fingerprint density at radius 1 is 1.38 bits per heavy atom. The number of nitrogen functional groups attached to an aromatic ring is 1. The number of imidazole rings is 1. The van der Waals surface area contributed by atoms with Gasteiger partial charge >= 0.3 is 0 Å². The molecular weight excluding hydrogens is 264 g/mol. The number of rotatable bonds is 5. The van der Waals surface area contributed by atoms with E-state index in [1.54, 1.807) is 6.20 Å². The molecule has 1 heterocycles. The number of hydrogen-bond acceptors (Lipinski definition) is 3. The first-order chi connectivity index (χ1) is 10.1. The molecule has 0 saturated heterocycles. The molecule has 0 aliphatic heterocycles. The smallest absolute Gasteiger partial charge is 0.245 e. The normalized spacial score (nSPS) is 12.1. The first kappa shape index (κ1) is 15.1. The van der Waals surface area contributed by atoms with Gasteiger partial charge in [-0.1, -0.05) is 12.1 Å². The number of likely N-dealkylation sites (N-methyl/N-ethyl adjacent to an activating group) is 1. The highest BCUT2D eigenvalue weighted by Gasteiger charge is 2.22. The standard InChI is InChI=1S/C16H22N4O/c1-4-19(5-2)16(21)12(3)20-10-9-18-15(20)13-7-6-8-14(17)11-13/h6-12H,4-5,17H2,1-3H3. The highest BCUT2D eigenvalue weighted by atomic mass is 16.2.